The third kappa shape index (κ3) is 3.03. The Bertz CT molecular complexity index is 386. The van der Waals surface area contributed by atoms with Crippen LogP contribution in [0.2, 0.25) is 0 Å². The largest absolute Gasteiger partial charge is 0.392 e. The first-order valence-electron chi connectivity index (χ1n) is 6.81. The summed E-state index contributed by atoms with van der Waals surface area (Å²) in [5, 5.41) is 9.49. The van der Waals surface area contributed by atoms with Crippen molar-refractivity contribution in [1.29, 1.82) is 0 Å². The molecule has 1 aromatic rings. The molecule has 0 amide bonds. The van der Waals surface area contributed by atoms with Crippen LogP contribution in [0, 0.1) is 6.92 Å². The first-order valence-corrected chi connectivity index (χ1v) is 6.81. The van der Waals surface area contributed by atoms with Crippen molar-refractivity contribution >= 4 is 5.69 Å². The van der Waals surface area contributed by atoms with Crippen molar-refractivity contribution in [2.24, 2.45) is 0 Å². The molecular formula is C15H23NO2. The summed E-state index contributed by atoms with van der Waals surface area (Å²) in [6, 6.07) is 6.28. The van der Waals surface area contributed by atoms with Gasteiger partial charge in [-0.2, -0.15) is 0 Å². The molecule has 1 aromatic carbocycles. The fourth-order valence-corrected chi connectivity index (χ4v) is 2.58. The average Bonchev–Trinajstić information content (AvgIpc) is 2.89. The molecule has 0 aliphatic carbocycles. The standard InChI is InChI=1S/C15H23NO2/c1-3-16(10-14-5-4-8-18-14)15-7-6-12(2)9-13(15)11-17/h6-7,9,14,17H,3-5,8,10-11H2,1-2H3. The van der Waals surface area contributed by atoms with Gasteiger partial charge in [-0.15, -0.1) is 0 Å². The van der Waals surface area contributed by atoms with Gasteiger partial charge < -0.3 is 14.7 Å². The number of rotatable bonds is 5. The molecule has 100 valence electrons. The molecule has 0 spiro atoms. The van der Waals surface area contributed by atoms with Crippen molar-refractivity contribution in [3.8, 4) is 0 Å². The van der Waals surface area contributed by atoms with Gasteiger partial charge in [0, 0.05) is 30.9 Å². The highest BCUT2D eigenvalue weighted by molar-refractivity contribution is 5.54. The highest BCUT2D eigenvalue weighted by Crippen LogP contribution is 2.24. The first kappa shape index (κ1) is 13.4. The maximum absolute atomic E-state index is 9.49. The number of aryl methyl sites for hydroxylation is 1. The van der Waals surface area contributed by atoms with Crippen LogP contribution in [0.5, 0.6) is 0 Å². The lowest BCUT2D eigenvalue weighted by molar-refractivity contribution is 0.115. The minimum atomic E-state index is 0.0963. The van der Waals surface area contributed by atoms with E-state index in [1.165, 1.54) is 12.0 Å². The van der Waals surface area contributed by atoms with Gasteiger partial charge in [0.25, 0.3) is 0 Å². The number of aliphatic hydroxyl groups is 1. The quantitative estimate of drug-likeness (QED) is 0.870. The number of benzene rings is 1. The molecule has 1 fully saturated rings. The SMILES string of the molecule is CCN(CC1CCCO1)c1ccc(C)cc1CO. The Labute approximate surface area is 109 Å². The van der Waals surface area contributed by atoms with Crippen LogP contribution in [-0.4, -0.2) is 30.9 Å². The van der Waals surface area contributed by atoms with E-state index in [1.807, 2.05) is 0 Å². The van der Waals surface area contributed by atoms with Crippen molar-refractivity contribution in [2.45, 2.75) is 39.4 Å². The van der Waals surface area contributed by atoms with Gasteiger partial charge in [0.1, 0.15) is 0 Å². The average molecular weight is 249 g/mol. The summed E-state index contributed by atoms with van der Waals surface area (Å²) in [6.07, 6.45) is 2.66. The molecule has 2 rings (SSSR count). The molecule has 0 bridgehead atoms. The van der Waals surface area contributed by atoms with Crippen LogP contribution < -0.4 is 4.90 Å². The molecule has 1 atom stereocenters. The van der Waals surface area contributed by atoms with Crippen molar-refractivity contribution in [1.82, 2.24) is 0 Å². The van der Waals surface area contributed by atoms with E-state index in [0.29, 0.717) is 6.10 Å². The Balaban J connectivity index is 2.15. The minimum absolute atomic E-state index is 0.0963. The Hall–Kier alpha value is -1.06. The van der Waals surface area contributed by atoms with Crippen molar-refractivity contribution in [2.75, 3.05) is 24.6 Å². The number of hydrogen-bond donors (Lipinski definition) is 1. The fourth-order valence-electron chi connectivity index (χ4n) is 2.58. The zero-order valence-electron chi connectivity index (χ0n) is 11.4. The molecule has 1 aliphatic rings. The number of hydrogen-bond acceptors (Lipinski definition) is 3. The van der Waals surface area contributed by atoms with E-state index in [9.17, 15) is 5.11 Å². The van der Waals surface area contributed by atoms with Gasteiger partial charge in [0.2, 0.25) is 0 Å². The number of anilines is 1. The lowest BCUT2D eigenvalue weighted by atomic mass is 10.1. The van der Waals surface area contributed by atoms with E-state index >= 15 is 0 Å². The van der Waals surface area contributed by atoms with E-state index in [2.05, 4.69) is 36.9 Å². The monoisotopic (exact) mass is 249 g/mol. The third-order valence-electron chi connectivity index (χ3n) is 3.58. The zero-order chi connectivity index (χ0) is 13.0. The van der Waals surface area contributed by atoms with Crippen LogP contribution in [-0.2, 0) is 11.3 Å². The molecule has 3 heteroatoms. The summed E-state index contributed by atoms with van der Waals surface area (Å²) in [4.78, 5) is 2.31. The lowest BCUT2D eigenvalue weighted by Gasteiger charge is -2.28. The van der Waals surface area contributed by atoms with Crippen molar-refractivity contribution < 1.29 is 9.84 Å². The number of likely N-dealkylation sites (N-methyl/N-ethyl adjacent to an activating group) is 1. The second-order valence-corrected chi connectivity index (χ2v) is 4.96. The maximum Gasteiger partial charge on any atom is 0.0750 e. The van der Waals surface area contributed by atoms with E-state index < -0.39 is 0 Å². The second kappa shape index (κ2) is 6.21. The fraction of sp³-hybridized carbons (Fsp3) is 0.600. The zero-order valence-corrected chi connectivity index (χ0v) is 11.4. The second-order valence-electron chi connectivity index (χ2n) is 4.96. The smallest absolute Gasteiger partial charge is 0.0750 e. The maximum atomic E-state index is 9.49. The summed E-state index contributed by atoms with van der Waals surface area (Å²) in [5.41, 5.74) is 3.34. The normalized spacial score (nSPS) is 19.2. The Morgan fingerprint density at radius 1 is 1.44 bits per heavy atom. The Kier molecular flexibility index (Phi) is 4.61. The third-order valence-corrected chi connectivity index (χ3v) is 3.58. The predicted octanol–water partition coefficient (Wildman–Crippen LogP) is 2.49. The van der Waals surface area contributed by atoms with Gasteiger partial charge in [0.15, 0.2) is 0 Å². The van der Waals surface area contributed by atoms with Crippen LogP contribution in [0.15, 0.2) is 18.2 Å². The van der Waals surface area contributed by atoms with Gasteiger partial charge in [-0.25, -0.2) is 0 Å². The minimum Gasteiger partial charge on any atom is -0.392 e. The summed E-state index contributed by atoms with van der Waals surface area (Å²) >= 11 is 0. The summed E-state index contributed by atoms with van der Waals surface area (Å²) < 4.78 is 5.70. The highest BCUT2D eigenvalue weighted by Gasteiger charge is 2.19. The van der Waals surface area contributed by atoms with Gasteiger partial charge >= 0.3 is 0 Å². The number of ether oxygens (including phenoxy) is 1. The topological polar surface area (TPSA) is 32.7 Å². The van der Waals surface area contributed by atoms with Gasteiger partial charge in [-0.3, -0.25) is 0 Å². The molecule has 1 N–H and O–H groups in total. The molecule has 18 heavy (non-hydrogen) atoms. The van der Waals surface area contributed by atoms with Crippen LogP contribution in [0.3, 0.4) is 0 Å². The van der Waals surface area contributed by atoms with Crippen LogP contribution in [0.1, 0.15) is 30.9 Å². The predicted molar refractivity (Wildman–Crippen MR) is 74.0 cm³/mol. The van der Waals surface area contributed by atoms with E-state index in [1.54, 1.807) is 0 Å². The number of aliphatic hydroxyl groups excluding tert-OH is 1. The van der Waals surface area contributed by atoms with Crippen molar-refractivity contribution in [3.63, 3.8) is 0 Å². The highest BCUT2D eigenvalue weighted by atomic mass is 16.5. The van der Waals surface area contributed by atoms with E-state index in [4.69, 9.17) is 4.74 Å². The molecule has 0 aromatic heterocycles. The van der Waals surface area contributed by atoms with Crippen LogP contribution in [0.25, 0.3) is 0 Å². The first-order chi connectivity index (χ1) is 8.74. The van der Waals surface area contributed by atoms with E-state index in [-0.39, 0.29) is 6.61 Å². The molecule has 0 saturated carbocycles. The Morgan fingerprint density at radius 3 is 2.89 bits per heavy atom. The summed E-state index contributed by atoms with van der Waals surface area (Å²) in [6.45, 7) is 7.06. The van der Waals surface area contributed by atoms with Crippen LogP contribution >= 0.6 is 0 Å². The number of nitrogens with zero attached hydrogens (tertiary/aromatic N) is 1. The molecule has 1 unspecified atom stereocenters. The van der Waals surface area contributed by atoms with Gasteiger partial charge in [-0.1, -0.05) is 17.7 Å². The Morgan fingerprint density at radius 2 is 2.28 bits per heavy atom. The van der Waals surface area contributed by atoms with Gasteiger partial charge in [0.05, 0.1) is 12.7 Å². The summed E-state index contributed by atoms with van der Waals surface area (Å²) in [5.74, 6) is 0. The molecule has 0 radical (unpaired) electrons. The summed E-state index contributed by atoms with van der Waals surface area (Å²) in [7, 11) is 0. The van der Waals surface area contributed by atoms with Crippen molar-refractivity contribution in [3.05, 3.63) is 29.3 Å². The molecular weight excluding hydrogens is 226 g/mol. The molecule has 1 heterocycles. The molecule has 1 aliphatic heterocycles. The lowest BCUT2D eigenvalue weighted by Crippen LogP contribution is -2.32. The van der Waals surface area contributed by atoms with Gasteiger partial charge in [-0.05, 0) is 32.8 Å². The molecule has 3 nitrogen and oxygen atoms in total. The molecule has 1 saturated heterocycles. The van der Waals surface area contributed by atoms with E-state index in [0.717, 1.165) is 37.4 Å². The van der Waals surface area contributed by atoms with Crippen LogP contribution in [0.4, 0.5) is 5.69 Å².